The summed E-state index contributed by atoms with van der Waals surface area (Å²) in [5.74, 6) is 2.81. The summed E-state index contributed by atoms with van der Waals surface area (Å²) < 4.78 is 1.92. The normalized spacial score (nSPS) is 14.6. The molecule has 2 aromatic rings. The van der Waals surface area contributed by atoms with Crippen molar-refractivity contribution in [2.45, 2.75) is 18.0 Å². The Hall–Kier alpha value is -1.83. The van der Waals surface area contributed by atoms with Crippen LogP contribution in [0.25, 0.3) is 0 Å². The SMILES string of the molecule is Cn1cnnc1SCCNc1cc(N2CCCC2)ncn1. The fourth-order valence-electron chi connectivity index (χ4n) is 2.29. The first kappa shape index (κ1) is 14.1. The van der Waals surface area contributed by atoms with Gasteiger partial charge in [-0.2, -0.15) is 0 Å². The fraction of sp³-hybridized carbons (Fsp3) is 0.538. The third-order valence-electron chi connectivity index (χ3n) is 3.39. The number of hydrogen-bond acceptors (Lipinski definition) is 7. The molecular weight excluding hydrogens is 286 g/mol. The van der Waals surface area contributed by atoms with Gasteiger partial charge in [0.05, 0.1) is 0 Å². The molecule has 0 aliphatic carbocycles. The van der Waals surface area contributed by atoms with Crippen LogP contribution in [0.1, 0.15) is 12.8 Å². The highest BCUT2D eigenvalue weighted by atomic mass is 32.2. The lowest BCUT2D eigenvalue weighted by atomic mass is 10.4. The molecule has 1 N–H and O–H groups in total. The molecule has 0 aromatic carbocycles. The van der Waals surface area contributed by atoms with Gasteiger partial charge in [0, 0.05) is 38.5 Å². The summed E-state index contributed by atoms with van der Waals surface area (Å²) in [6, 6.07) is 2.03. The summed E-state index contributed by atoms with van der Waals surface area (Å²) in [4.78, 5) is 10.9. The second kappa shape index (κ2) is 6.75. The molecule has 1 aliphatic heterocycles. The molecule has 1 aliphatic rings. The number of anilines is 2. The van der Waals surface area contributed by atoms with Crippen molar-refractivity contribution in [3.8, 4) is 0 Å². The molecule has 0 unspecified atom stereocenters. The summed E-state index contributed by atoms with van der Waals surface area (Å²) in [6.45, 7) is 3.02. The lowest BCUT2D eigenvalue weighted by Gasteiger charge is -2.16. The molecule has 0 amide bonds. The molecule has 112 valence electrons. The summed E-state index contributed by atoms with van der Waals surface area (Å²) in [6.07, 6.45) is 5.84. The Morgan fingerprint density at radius 2 is 2.14 bits per heavy atom. The van der Waals surface area contributed by atoms with Gasteiger partial charge in [-0.05, 0) is 12.8 Å². The van der Waals surface area contributed by atoms with E-state index in [1.807, 2.05) is 17.7 Å². The maximum atomic E-state index is 4.35. The van der Waals surface area contributed by atoms with Crippen LogP contribution in [0.3, 0.4) is 0 Å². The second-order valence-corrected chi connectivity index (χ2v) is 6.02. The van der Waals surface area contributed by atoms with Crippen molar-refractivity contribution in [3.05, 3.63) is 18.7 Å². The Kier molecular flexibility index (Phi) is 4.54. The molecule has 1 fully saturated rings. The summed E-state index contributed by atoms with van der Waals surface area (Å²) in [7, 11) is 1.95. The fourth-order valence-corrected chi connectivity index (χ4v) is 3.03. The topological polar surface area (TPSA) is 71.8 Å². The molecule has 8 heteroatoms. The van der Waals surface area contributed by atoms with Gasteiger partial charge < -0.3 is 14.8 Å². The lowest BCUT2D eigenvalue weighted by Crippen LogP contribution is -2.19. The van der Waals surface area contributed by atoms with Crippen molar-refractivity contribution in [1.29, 1.82) is 0 Å². The number of aryl methyl sites for hydroxylation is 1. The molecule has 0 spiro atoms. The zero-order valence-corrected chi connectivity index (χ0v) is 12.9. The lowest BCUT2D eigenvalue weighted by molar-refractivity contribution is 0.788. The largest absolute Gasteiger partial charge is 0.369 e. The third-order valence-corrected chi connectivity index (χ3v) is 4.43. The minimum atomic E-state index is 0.827. The maximum Gasteiger partial charge on any atom is 0.190 e. The van der Waals surface area contributed by atoms with Crippen LogP contribution in [-0.2, 0) is 7.05 Å². The number of rotatable bonds is 6. The van der Waals surface area contributed by atoms with E-state index in [4.69, 9.17) is 0 Å². The molecular formula is C13H19N7S. The van der Waals surface area contributed by atoms with E-state index in [9.17, 15) is 0 Å². The molecule has 3 heterocycles. The molecule has 1 saturated heterocycles. The van der Waals surface area contributed by atoms with E-state index in [0.29, 0.717) is 0 Å². The van der Waals surface area contributed by atoms with Crippen LogP contribution in [0.4, 0.5) is 11.6 Å². The molecule has 0 atom stereocenters. The minimum Gasteiger partial charge on any atom is -0.369 e. The molecule has 21 heavy (non-hydrogen) atoms. The average Bonchev–Trinajstić information content (AvgIpc) is 3.16. The van der Waals surface area contributed by atoms with Gasteiger partial charge in [0.1, 0.15) is 24.3 Å². The van der Waals surface area contributed by atoms with Gasteiger partial charge in [0.2, 0.25) is 0 Å². The van der Waals surface area contributed by atoms with E-state index in [2.05, 4.69) is 30.4 Å². The Labute approximate surface area is 128 Å². The van der Waals surface area contributed by atoms with Crippen LogP contribution >= 0.6 is 11.8 Å². The molecule has 0 radical (unpaired) electrons. The number of hydrogen-bond donors (Lipinski definition) is 1. The highest BCUT2D eigenvalue weighted by Gasteiger charge is 2.13. The van der Waals surface area contributed by atoms with Crippen molar-refractivity contribution >= 4 is 23.4 Å². The molecule has 7 nitrogen and oxygen atoms in total. The van der Waals surface area contributed by atoms with Crippen LogP contribution in [0.2, 0.25) is 0 Å². The van der Waals surface area contributed by atoms with Gasteiger partial charge in [0.15, 0.2) is 5.16 Å². The predicted octanol–water partition coefficient (Wildman–Crippen LogP) is 1.41. The average molecular weight is 305 g/mol. The first-order valence-corrected chi connectivity index (χ1v) is 8.09. The Morgan fingerprint density at radius 1 is 1.29 bits per heavy atom. The van der Waals surface area contributed by atoms with Crippen LogP contribution in [0.15, 0.2) is 23.9 Å². The number of nitrogens with zero attached hydrogens (tertiary/aromatic N) is 6. The highest BCUT2D eigenvalue weighted by molar-refractivity contribution is 7.99. The maximum absolute atomic E-state index is 4.35. The minimum absolute atomic E-state index is 0.827. The van der Waals surface area contributed by atoms with Crippen molar-refractivity contribution in [2.75, 3.05) is 35.6 Å². The second-order valence-electron chi connectivity index (χ2n) is 4.96. The van der Waals surface area contributed by atoms with Crippen molar-refractivity contribution in [3.63, 3.8) is 0 Å². The Balaban J connectivity index is 1.49. The van der Waals surface area contributed by atoms with Crippen molar-refractivity contribution in [2.24, 2.45) is 7.05 Å². The monoisotopic (exact) mass is 305 g/mol. The smallest absolute Gasteiger partial charge is 0.190 e. The van der Waals surface area contributed by atoms with Gasteiger partial charge in [-0.3, -0.25) is 0 Å². The van der Waals surface area contributed by atoms with Gasteiger partial charge in [-0.15, -0.1) is 10.2 Å². The standard InChI is InChI=1S/C13H19N7S/c1-19-10-17-18-13(19)21-7-4-14-11-8-12(16-9-15-11)20-5-2-3-6-20/h8-10H,2-7H2,1H3,(H,14,15,16). The zero-order chi connectivity index (χ0) is 14.5. The van der Waals surface area contributed by atoms with E-state index in [1.165, 1.54) is 12.8 Å². The highest BCUT2D eigenvalue weighted by Crippen LogP contribution is 2.19. The summed E-state index contributed by atoms with van der Waals surface area (Å²) in [5.41, 5.74) is 0. The van der Waals surface area contributed by atoms with Gasteiger partial charge in [-0.25, -0.2) is 9.97 Å². The molecule has 3 rings (SSSR count). The van der Waals surface area contributed by atoms with E-state index < -0.39 is 0 Å². The number of nitrogens with one attached hydrogen (secondary N) is 1. The first-order valence-electron chi connectivity index (χ1n) is 7.10. The predicted molar refractivity (Wildman–Crippen MR) is 83.7 cm³/mol. The van der Waals surface area contributed by atoms with Crippen LogP contribution in [0, 0.1) is 0 Å². The van der Waals surface area contributed by atoms with Crippen molar-refractivity contribution in [1.82, 2.24) is 24.7 Å². The first-order chi connectivity index (χ1) is 10.3. The van der Waals surface area contributed by atoms with Crippen LogP contribution in [-0.4, -0.2) is 50.1 Å². The molecule has 0 saturated carbocycles. The third kappa shape index (κ3) is 3.63. The van der Waals surface area contributed by atoms with E-state index in [0.717, 1.165) is 42.2 Å². The zero-order valence-electron chi connectivity index (χ0n) is 12.1. The Morgan fingerprint density at radius 3 is 2.90 bits per heavy atom. The van der Waals surface area contributed by atoms with Crippen LogP contribution < -0.4 is 10.2 Å². The van der Waals surface area contributed by atoms with Crippen LogP contribution in [0.5, 0.6) is 0 Å². The van der Waals surface area contributed by atoms with Crippen molar-refractivity contribution < 1.29 is 0 Å². The summed E-state index contributed by atoms with van der Waals surface area (Å²) in [5, 5.41) is 12.2. The van der Waals surface area contributed by atoms with E-state index in [-0.39, 0.29) is 0 Å². The van der Waals surface area contributed by atoms with Gasteiger partial charge in [-0.1, -0.05) is 11.8 Å². The molecule has 2 aromatic heterocycles. The van der Waals surface area contributed by atoms with Gasteiger partial charge >= 0.3 is 0 Å². The molecule has 0 bridgehead atoms. The Bertz CT molecular complexity index is 579. The van der Waals surface area contributed by atoms with Gasteiger partial charge in [0.25, 0.3) is 0 Å². The van der Waals surface area contributed by atoms with E-state index in [1.54, 1.807) is 24.4 Å². The summed E-state index contributed by atoms with van der Waals surface area (Å²) >= 11 is 1.68. The quantitative estimate of drug-likeness (QED) is 0.639. The number of aromatic nitrogens is 5. The number of thioether (sulfide) groups is 1. The van der Waals surface area contributed by atoms with E-state index >= 15 is 0 Å².